The van der Waals surface area contributed by atoms with E-state index in [0.717, 1.165) is 6.92 Å². The second kappa shape index (κ2) is 5.11. The molecule has 0 heterocycles. The highest BCUT2D eigenvalue weighted by molar-refractivity contribution is 6.32. The number of nitrogens with one attached hydrogen (secondary N) is 1. The van der Waals surface area contributed by atoms with Crippen molar-refractivity contribution in [1.29, 1.82) is 0 Å². The molecule has 0 aliphatic heterocycles. The Labute approximate surface area is 68.8 Å². The molecule has 0 aromatic rings. The summed E-state index contributed by atoms with van der Waals surface area (Å²) in [4.78, 5) is 35.3. The van der Waals surface area contributed by atoms with Crippen LogP contribution in [-0.4, -0.2) is 24.5 Å². The SMILES string of the molecule is CCOC(=O)C(=O)NOC(C)=O. The lowest BCUT2D eigenvalue weighted by Crippen LogP contribution is -2.33. The Morgan fingerprint density at radius 3 is 2.33 bits per heavy atom. The maximum Gasteiger partial charge on any atom is 0.399 e. The number of esters is 1. The molecule has 0 fully saturated rings. The van der Waals surface area contributed by atoms with Crippen molar-refractivity contribution < 1.29 is 24.0 Å². The zero-order valence-corrected chi connectivity index (χ0v) is 6.75. The molecule has 0 unspecified atom stereocenters. The quantitative estimate of drug-likeness (QED) is 0.318. The van der Waals surface area contributed by atoms with E-state index < -0.39 is 17.8 Å². The molecule has 0 atom stereocenters. The molecule has 1 N–H and O–H groups in total. The first-order chi connectivity index (χ1) is 5.57. The van der Waals surface area contributed by atoms with Crippen LogP contribution in [0.4, 0.5) is 0 Å². The average molecular weight is 175 g/mol. The normalized spacial score (nSPS) is 8.50. The molecule has 12 heavy (non-hydrogen) atoms. The van der Waals surface area contributed by atoms with Crippen LogP contribution in [0, 0.1) is 0 Å². The minimum atomic E-state index is -1.10. The Morgan fingerprint density at radius 1 is 1.33 bits per heavy atom. The third-order valence-electron chi connectivity index (χ3n) is 0.748. The minimum absolute atomic E-state index is 0.0896. The largest absolute Gasteiger partial charge is 0.459 e. The highest BCUT2D eigenvalue weighted by Gasteiger charge is 2.15. The van der Waals surface area contributed by atoms with Gasteiger partial charge >= 0.3 is 17.8 Å². The number of hydrogen-bond donors (Lipinski definition) is 1. The van der Waals surface area contributed by atoms with E-state index in [-0.39, 0.29) is 6.61 Å². The number of rotatable bonds is 1. The van der Waals surface area contributed by atoms with Crippen molar-refractivity contribution in [1.82, 2.24) is 5.48 Å². The van der Waals surface area contributed by atoms with Crippen molar-refractivity contribution in [3.63, 3.8) is 0 Å². The third-order valence-corrected chi connectivity index (χ3v) is 0.748. The molecule has 0 saturated carbocycles. The van der Waals surface area contributed by atoms with E-state index >= 15 is 0 Å². The Bertz CT molecular complexity index is 200. The Balaban J connectivity index is 3.72. The van der Waals surface area contributed by atoms with Gasteiger partial charge in [-0.25, -0.2) is 4.79 Å². The molecular weight excluding hydrogens is 166 g/mol. The lowest BCUT2D eigenvalue weighted by Gasteiger charge is -2.01. The van der Waals surface area contributed by atoms with Crippen LogP contribution < -0.4 is 5.48 Å². The fourth-order valence-corrected chi connectivity index (χ4v) is 0.357. The molecule has 0 aromatic carbocycles. The molecule has 0 aliphatic carbocycles. The van der Waals surface area contributed by atoms with Gasteiger partial charge < -0.3 is 9.57 Å². The average Bonchev–Trinajstić information content (AvgIpc) is 2.00. The van der Waals surface area contributed by atoms with Gasteiger partial charge in [0, 0.05) is 6.92 Å². The van der Waals surface area contributed by atoms with Crippen LogP contribution in [-0.2, 0) is 24.0 Å². The second-order valence-corrected chi connectivity index (χ2v) is 1.75. The smallest absolute Gasteiger partial charge is 0.399 e. The van der Waals surface area contributed by atoms with Crippen LogP contribution in [0.25, 0.3) is 0 Å². The fourth-order valence-electron chi connectivity index (χ4n) is 0.357. The maximum atomic E-state index is 10.6. The van der Waals surface area contributed by atoms with Crippen molar-refractivity contribution in [3.05, 3.63) is 0 Å². The highest BCUT2D eigenvalue weighted by Crippen LogP contribution is 1.78. The first-order valence-corrected chi connectivity index (χ1v) is 3.22. The number of hydroxylamine groups is 1. The molecule has 0 radical (unpaired) electrons. The Hall–Kier alpha value is -1.59. The van der Waals surface area contributed by atoms with Crippen LogP contribution >= 0.6 is 0 Å². The van der Waals surface area contributed by atoms with E-state index in [2.05, 4.69) is 9.57 Å². The van der Waals surface area contributed by atoms with Crippen LogP contribution in [0.1, 0.15) is 13.8 Å². The molecule has 68 valence electrons. The van der Waals surface area contributed by atoms with Crippen molar-refractivity contribution in [2.75, 3.05) is 6.61 Å². The molecule has 6 nitrogen and oxygen atoms in total. The molecule has 0 aliphatic rings. The van der Waals surface area contributed by atoms with Crippen LogP contribution in [0.15, 0.2) is 0 Å². The van der Waals surface area contributed by atoms with Crippen LogP contribution in [0.5, 0.6) is 0 Å². The summed E-state index contributed by atoms with van der Waals surface area (Å²) in [6.45, 7) is 2.73. The number of amides is 1. The summed E-state index contributed by atoms with van der Waals surface area (Å²) in [6.07, 6.45) is 0. The molecule has 1 amide bonds. The molecule has 0 spiro atoms. The van der Waals surface area contributed by atoms with E-state index in [1.54, 1.807) is 12.4 Å². The summed E-state index contributed by atoms with van der Waals surface area (Å²) in [6, 6.07) is 0. The van der Waals surface area contributed by atoms with Gasteiger partial charge in [-0.15, -0.1) is 0 Å². The molecule has 0 bridgehead atoms. The molecular formula is C6H9NO5. The van der Waals surface area contributed by atoms with Gasteiger partial charge in [0.05, 0.1) is 6.61 Å². The minimum Gasteiger partial charge on any atom is -0.459 e. The summed E-state index contributed by atoms with van der Waals surface area (Å²) >= 11 is 0. The van der Waals surface area contributed by atoms with Crippen LogP contribution in [0.3, 0.4) is 0 Å². The number of carbonyl (C=O) groups is 3. The summed E-state index contributed by atoms with van der Waals surface area (Å²) in [5.74, 6) is -2.90. The lowest BCUT2D eigenvalue weighted by atomic mass is 10.6. The summed E-state index contributed by atoms with van der Waals surface area (Å²) in [5, 5.41) is 0. The topological polar surface area (TPSA) is 81.7 Å². The first kappa shape index (κ1) is 10.4. The fraction of sp³-hybridized carbons (Fsp3) is 0.500. The maximum absolute atomic E-state index is 10.6. The predicted molar refractivity (Wildman–Crippen MR) is 36.5 cm³/mol. The molecule has 0 aromatic heterocycles. The summed E-state index contributed by atoms with van der Waals surface area (Å²) in [7, 11) is 0. The molecule has 0 saturated heterocycles. The van der Waals surface area contributed by atoms with Gasteiger partial charge in [-0.1, -0.05) is 0 Å². The van der Waals surface area contributed by atoms with E-state index in [1.165, 1.54) is 0 Å². The Kier molecular flexibility index (Phi) is 4.43. The number of hydrogen-bond acceptors (Lipinski definition) is 5. The monoisotopic (exact) mass is 175 g/mol. The first-order valence-electron chi connectivity index (χ1n) is 3.22. The molecule has 0 rings (SSSR count). The zero-order valence-electron chi connectivity index (χ0n) is 6.75. The van der Waals surface area contributed by atoms with Gasteiger partial charge in [-0.3, -0.25) is 9.59 Å². The summed E-state index contributed by atoms with van der Waals surface area (Å²) < 4.78 is 4.29. The van der Waals surface area contributed by atoms with E-state index in [1.807, 2.05) is 0 Å². The highest BCUT2D eigenvalue weighted by atomic mass is 16.7. The van der Waals surface area contributed by atoms with E-state index in [4.69, 9.17) is 0 Å². The van der Waals surface area contributed by atoms with Crippen LogP contribution in [0.2, 0.25) is 0 Å². The van der Waals surface area contributed by atoms with E-state index in [0.29, 0.717) is 0 Å². The van der Waals surface area contributed by atoms with Crippen molar-refractivity contribution in [2.45, 2.75) is 13.8 Å². The lowest BCUT2D eigenvalue weighted by molar-refractivity contribution is -0.165. The van der Waals surface area contributed by atoms with Crippen molar-refractivity contribution in [2.24, 2.45) is 0 Å². The van der Waals surface area contributed by atoms with Gasteiger partial charge in [0.25, 0.3) is 0 Å². The standard InChI is InChI=1S/C6H9NO5/c1-3-11-6(10)5(9)7-12-4(2)8/h3H2,1-2H3,(H,7,9). The van der Waals surface area contributed by atoms with E-state index in [9.17, 15) is 14.4 Å². The molecule has 6 heteroatoms. The third kappa shape index (κ3) is 4.26. The van der Waals surface area contributed by atoms with Gasteiger partial charge in [0.1, 0.15) is 0 Å². The van der Waals surface area contributed by atoms with Crippen molar-refractivity contribution >= 4 is 17.8 Å². The number of carbonyl (C=O) groups excluding carboxylic acids is 3. The Morgan fingerprint density at radius 2 is 1.92 bits per heavy atom. The zero-order chi connectivity index (χ0) is 9.56. The van der Waals surface area contributed by atoms with Gasteiger partial charge in [-0.2, -0.15) is 5.48 Å². The van der Waals surface area contributed by atoms with Gasteiger partial charge in [0.2, 0.25) is 0 Å². The predicted octanol–water partition coefficient (Wildman–Crippen LogP) is -0.856. The van der Waals surface area contributed by atoms with Gasteiger partial charge in [0.15, 0.2) is 0 Å². The second-order valence-electron chi connectivity index (χ2n) is 1.75. The number of ether oxygens (including phenoxy) is 1. The summed E-state index contributed by atoms with van der Waals surface area (Å²) in [5.41, 5.74) is 1.60. The van der Waals surface area contributed by atoms with Gasteiger partial charge in [-0.05, 0) is 6.92 Å². The van der Waals surface area contributed by atoms with Crippen molar-refractivity contribution in [3.8, 4) is 0 Å².